The van der Waals surface area contributed by atoms with Crippen LogP contribution >= 0.6 is 11.3 Å². The second kappa shape index (κ2) is 8.11. The Kier molecular flexibility index (Phi) is 5.37. The largest absolute Gasteiger partial charge is 0.481 e. The summed E-state index contributed by atoms with van der Waals surface area (Å²) in [6, 6.07) is 7.74. The number of amides is 1. The van der Waals surface area contributed by atoms with E-state index in [0.717, 1.165) is 40.4 Å². The molecule has 5 rings (SSSR count). The molecule has 0 saturated heterocycles. The molecule has 154 valence electrons. The lowest BCUT2D eigenvalue weighted by atomic mass is 10.1. The number of hydrogen-bond donors (Lipinski definition) is 4. The van der Waals surface area contributed by atoms with Crippen molar-refractivity contribution in [2.24, 2.45) is 5.92 Å². The van der Waals surface area contributed by atoms with Crippen LogP contribution in [0.2, 0.25) is 0 Å². The summed E-state index contributed by atoms with van der Waals surface area (Å²) in [6.45, 7) is 1.60. The van der Waals surface area contributed by atoms with E-state index in [1.54, 1.807) is 13.1 Å². The lowest BCUT2D eigenvalue weighted by molar-refractivity contribution is -0.136. The third-order valence-corrected chi connectivity index (χ3v) is 5.57. The number of carboxylic acids is 1. The topological polar surface area (TPSA) is 128 Å². The summed E-state index contributed by atoms with van der Waals surface area (Å²) in [6.07, 6.45) is 3.93. The van der Waals surface area contributed by atoms with Gasteiger partial charge in [0, 0.05) is 45.8 Å². The number of nitrogens with one attached hydrogen (secondary N) is 3. The van der Waals surface area contributed by atoms with Crippen LogP contribution < -0.4 is 10.9 Å². The first-order valence-electron chi connectivity index (χ1n) is 9.58. The van der Waals surface area contributed by atoms with Crippen molar-refractivity contribution in [1.82, 2.24) is 15.0 Å². The first-order valence-corrected chi connectivity index (χ1v) is 10.5. The number of aromatic nitrogens is 3. The van der Waals surface area contributed by atoms with Gasteiger partial charge in [-0.3, -0.25) is 14.4 Å². The monoisotopic (exact) mass is 424 g/mol. The van der Waals surface area contributed by atoms with E-state index in [4.69, 9.17) is 5.11 Å². The first-order chi connectivity index (χ1) is 14.5. The average molecular weight is 424 g/mol. The number of aliphatic carboxylic acids is 1. The lowest BCUT2D eigenvalue weighted by Gasteiger charge is -2.03. The number of H-pyrrole nitrogens is 2. The predicted molar refractivity (Wildman–Crippen MR) is 117 cm³/mol. The number of fused-ring (bicyclic) bond motifs is 3. The van der Waals surface area contributed by atoms with Crippen LogP contribution in [0.5, 0.6) is 0 Å². The zero-order valence-electron chi connectivity index (χ0n) is 16.2. The Bertz CT molecular complexity index is 1300. The van der Waals surface area contributed by atoms with Crippen molar-refractivity contribution in [3.63, 3.8) is 0 Å². The van der Waals surface area contributed by atoms with Gasteiger partial charge in [-0.25, -0.2) is 4.98 Å². The summed E-state index contributed by atoms with van der Waals surface area (Å²) in [7, 11) is 0. The molecule has 0 aliphatic heterocycles. The van der Waals surface area contributed by atoms with Gasteiger partial charge < -0.3 is 20.4 Å². The smallest absolute Gasteiger partial charge is 0.303 e. The summed E-state index contributed by atoms with van der Waals surface area (Å²) < 4.78 is 0. The summed E-state index contributed by atoms with van der Waals surface area (Å²) in [5.74, 6) is -0.525. The molecule has 1 saturated carbocycles. The molecule has 1 aliphatic carbocycles. The van der Waals surface area contributed by atoms with E-state index < -0.39 is 5.97 Å². The van der Waals surface area contributed by atoms with Gasteiger partial charge in [0.1, 0.15) is 5.52 Å². The Balaban J connectivity index is 0.000000393. The number of carbonyl (C=O) groups is 2. The maximum absolute atomic E-state index is 12.0. The molecule has 3 heterocycles. The molecule has 9 heteroatoms. The molecule has 0 radical (unpaired) electrons. The molecule has 30 heavy (non-hydrogen) atoms. The fourth-order valence-corrected chi connectivity index (χ4v) is 3.74. The Hall–Kier alpha value is -3.46. The molecule has 1 aliphatic rings. The number of thiazole rings is 1. The van der Waals surface area contributed by atoms with Gasteiger partial charge in [-0.05, 0) is 31.0 Å². The summed E-state index contributed by atoms with van der Waals surface area (Å²) in [4.78, 5) is 43.7. The molecule has 8 nitrogen and oxygen atoms in total. The van der Waals surface area contributed by atoms with E-state index >= 15 is 0 Å². The molecule has 3 aromatic heterocycles. The molecule has 1 aromatic carbocycles. The number of rotatable bonds is 4. The van der Waals surface area contributed by atoms with Crippen molar-refractivity contribution >= 4 is 50.2 Å². The molecule has 0 unspecified atom stereocenters. The quantitative estimate of drug-likeness (QED) is 0.394. The van der Waals surface area contributed by atoms with E-state index in [0.29, 0.717) is 10.6 Å². The van der Waals surface area contributed by atoms with Gasteiger partial charge in [0.05, 0.1) is 5.69 Å². The number of carboxylic acid groups (broad SMARTS) is 1. The normalized spacial score (nSPS) is 13.1. The van der Waals surface area contributed by atoms with E-state index in [-0.39, 0.29) is 23.8 Å². The summed E-state index contributed by atoms with van der Waals surface area (Å²) in [5.41, 5.74) is 3.00. The highest BCUT2D eigenvalue weighted by atomic mass is 32.1. The summed E-state index contributed by atoms with van der Waals surface area (Å²) in [5, 5.41) is 15.0. The second-order valence-corrected chi connectivity index (χ2v) is 7.89. The molecule has 1 fully saturated rings. The van der Waals surface area contributed by atoms with Gasteiger partial charge in [0.15, 0.2) is 5.13 Å². The highest BCUT2D eigenvalue weighted by Crippen LogP contribution is 2.32. The number of pyridine rings is 1. The number of benzene rings is 1. The van der Waals surface area contributed by atoms with Crippen LogP contribution in [0.1, 0.15) is 26.2 Å². The Morgan fingerprint density at radius 3 is 2.73 bits per heavy atom. The number of aromatic amines is 2. The molecular weight excluding hydrogens is 404 g/mol. The van der Waals surface area contributed by atoms with Crippen molar-refractivity contribution in [3.05, 3.63) is 46.2 Å². The molecule has 1 amide bonds. The predicted octanol–water partition coefficient (Wildman–Crippen LogP) is 3.96. The highest BCUT2D eigenvalue weighted by molar-refractivity contribution is 7.14. The zero-order chi connectivity index (χ0) is 21.3. The van der Waals surface area contributed by atoms with Gasteiger partial charge in [-0.15, -0.1) is 11.3 Å². The lowest BCUT2D eigenvalue weighted by Crippen LogP contribution is -2.12. The van der Waals surface area contributed by atoms with Gasteiger partial charge in [0.25, 0.3) is 5.56 Å². The van der Waals surface area contributed by atoms with Crippen LogP contribution in [0.15, 0.2) is 40.6 Å². The van der Waals surface area contributed by atoms with Gasteiger partial charge in [-0.2, -0.15) is 0 Å². The van der Waals surface area contributed by atoms with Gasteiger partial charge in [-0.1, -0.05) is 13.0 Å². The van der Waals surface area contributed by atoms with Gasteiger partial charge >= 0.3 is 5.97 Å². The fourth-order valence-electron chi connectivity index (χ4n) is 3.02. The van der Waals surface area contributed by atoms with Crippen molar-refractivity contribution < 1.29 is 14.7 Å². The number of hydrogen-bond acceptors (Lipinski definition) is 5. The van der Waals surface area contributed by atoms with E-state index in [2.05, 4.69) is 20.3 Å². The van der Waals surface area contributed by atoms with Crippen molar-refractivity contribution in [1.29, 1.82) is 0 Å². The minimum Gasteiger partial charge on any atom is -0.481 e. The minimum atomic E-state index is -0.745. The van der Waals surface area contributed by atoms with Crippen LogP contribution in [0, 0.1) is 5.92 Å². The standard InChI is InChI=1S/C18H14N4O2S.C3H6O2/c23-16(9-1-2-9)22-18-21-14(8-25-18)10-3-4-13-12(7-10)11-5-6-19-15(11)17(24)20-13;1-2-3(4)5/h3-9,19H,1-2H2,(H,20,24)(H,21,22,23);2H2,1H3,(H,4,5). The summed E-state index contributed by atoms with van der Waals surface area (Å²) >= 11 is 1.42. The zero-order valence-corrected chi connectivity index (χ0v) is 17.0. The third-order valence-electron chi connectivity index (χ3n) is 4.81. The Labute approximate surface area is 175 Å². The Morgan fingerprint density at radius 1 is 1.27 bits per heavy atom. The van der Waals surface area contributed by atoms with Crippen molar-refractivity contribution in [3.8, 4) is 11.3 Å². The van der Waals surface area contributed by atoms with Crippen LogP contribution in [0.3, 0.4) is 0 Å². The average Bonchev–Trinajstić information content (AvgIpc) is 3.28. The van der Waals surface area contributed by atoms with E-state index in [1.165, 1.54) is 11.3 Å². The number of carbonyl (C=O) groups excluding carboxylic acids is 1. The van der Waals surface area contributed by atoms with Crippen LogP contribution in [0.4, 0.5) is 5.13 Å². The molecule has 4 N–H and O–H groups in total. The first kappa shape index (κ1) is 19.8. The molecule has 0 bridgehead atoms. The van der Waals surface area contributed by atoms with Crippen LogP contribution in [0.25, 0.3) is 33.1 Å². The maximum atomic E-state index is 12.0. The molecular formula is C21H20N4O4S. The van der Waals surface area contributed by atoms with Crippen molar-refractivity contribution in [2.45, 2.75) is 26.2 Å². The number of anilines is 1. The number of nitrogens with zero attached hydrogens (tertiary/aromatic N) is 1. The maximum Gasteiger partial charge on any atom is 0.303 e. The van der Waals surface area contributed by atoms with Gasteiger partial charge in [0.2, 0.25) is 5.91 Å². The third kappa shape index (κ3) is 4.11. The molecule has 0 spiro atoms. The molecule has 4 aromatic rings. The SMILES string of the molecule is CCC(=O)O.O=C(Nc1nc(-c2ccc3[nH]c(=O)c4[nH]ccc4c3c2)cs1)C1CC1. The fraction of sp³-hybridized carbons (Fsp3) is 0.238. The molecule has 0 atom stereocenters. The van der Waals surface area contributed by atoms with E-state index in [1.807, 2.05) is 29.6 Å². The second-order valence-electron chi connectivity index (χ2n) is 7.03. The van der Waals surface area contributed by atoms with Crippen LogP contribution in [-0.4, -0.2) is 31.9 Å². The highest BCUT2D eigenvalue weighted by Gasteiger charge is 2.30. The minimum absolute atomic E-state index is 0.0611. The Morgan fingerprint density at radius 2 is 2.03 bits per heavy atom. The van der Waals surface area contributed by atoms with Crippen LogP contribution in [-0.2, 0) is 9.59 Å². The van der Waals surface area contributed by atoms with E-state index in [9.17, 15) is 14.4 Å². The van der Waals surface area contributed by atoms with Crippen molar-refractivity contribution in [2.75, 3.05) is 5.32 Å².